The van der Waals surface area contributed by atoms with Crippen molar-refractivity contribution in [2.45, 2.75) is 64.8 Å². The third-order valence-electron chi connectivity index (χ3n) is 4.75. The van der Waals surface area contributed by atoms with Crippen LogP contribution in [0, 0.1) is 5.92 Å². The molecule has 3 N–H and O–H groups in total. The third-order valence-corrected chi connectivity index (χ3v) is 4.75. The van der Waals surface area contributed by atoms with E-state index in [4.69, 9.17) is 5.73 Å². The number of carbonyl (C=O) groups is 1. The number of nitrogens with zero attached hydrogens (tertiary/aromatic N) is 1. The number of carbonyl (C=O) groups excluding carboxylic acids is 1. The largest absolute Gasteiger partial charge is 0.368 e. The second kappa shape index (κ2) is 8.63. The Morgan fingerprint density at radius 3 is 2.70 bits per heavy atom. The van der Waals surface area contributed by atoms with Crippen LogP contribution in [-0.2, 0) is 4.79 Å². The van der Waals surface area contributed by atoms with Crippen LogP contribution in [0.3, 0.4) is 0 Å². The molecule has 0 saturated carbocycles. The van der Waals surface area contributed by atoms with E-state index in [1.165, 1.54) is 38.8 Å². The first-order chi connectivity index (χ1) is 9.51. The molecule has 2 atom stereocenters. The second-order valence-corrected chi connectivity index (χ2v) is 6.42. The molecule has 0 aromatic carbocycles. The Bertz CT molecular complexity index is 295. The van der Waals surface area contributed by atoms with Gasteiger partial charge in [0.2, 0.25) is 5.91 Å². The average Bonchev–Trinajstić information content (AvgIpc) is 2.67. The molecular formula is C16H33N3O. The van der Waals surface area contributed by atoms with Gasteiger partial charge in [0.05, 0.1) is 5.54 Å². The highest BCUT2D eigenvalue weighted by atomic mass is 16.1. The van der Waals surface area contributed by atoms with Crippen molar-refractivity contribution in [2.75, 3.05) is 26.2 Å². The van der Waals surface area contributed by atoms with Crippen molar-refractivity contribution in [3.63, 3.8) is 0 Å². The lowest BCUT2D eigenvalue weighted by atomic mass is 9.96. The van der Waals surface area contributed by atoms with Crippen molar-refractivity contribution in [2.24, 2.45) is 11.7 Å². The minimum Gasteiger partial charge on any atom is -0.368 e. The smallest absolute Gasteiger partial charge is 0.237 e. The van der Waals surface area contributed by atoms with Gasteiger partial charge in [-0.05, 0) is 64.6 Å². The van der Waals surface area contributed by atoms with Crippen LogP contribution in [0.5, 0.6) is 0 Å². The maximum Gasteiger partial charge on any atom is 0.237 e. The first-order valence-corrected chi connectivity index (χ1v) is 8.29. The Morgan fingerprint density at radius 2 is 2.10 bits per heavy atom. The standard InChI is InChI=1S/C16H33N3O/c1-4-10-18-16(3,15(17)20)9-13-19-11-6-7-14(5-2)8-12-19/h14,18H,4-13H2,1-3H3,(H2,17,20). The highest BCUT2D eigenvalue weighted by Gasteiger charge is 2.30. The third kappa shape index (κ3) is 5.41. The molecule has 1 heterocycles. The van der Waals surface area contributed by atoms with Gasteiger partial charge in [0.25, 0.3) is 0 Å². The molecule has 1 rings (SSSR count). The monoisotopic (exact) mass is 283 g/mol. The zero-order chi connectivity index (χ0) is 15.0. The van der Waals surface area contributed by atoms with Crippen molar-refractivity contribution in [1.82, 2.24) is 10.2 Å². The lowest BCUT2D eigenvalue weighted by molar-refractivity contribution is -0.124. The van der Waals surface area contributed by atoms with E-state index >= 15 is 0 Å². The van der Waals surface area contributed by atoms with E-state index in [0.29, 0.717) is 0 Å². The fraction of sp³-hybridized carbons (Fsp3) is 0.938. The molecular weight excluding hydrogens is 250 g/mol. The van der Waals surface area contributed by atoms with Crippen LogP contribution in [0.25, 0.3) is 0 Å². The Hall–Kier alpha value is -0.610. The number of nitrogens with one attached hydrogen (secondary N) is 1. The molecule has 0 radical (unpaired) electrons. The predicted molar refractivity (Wildman–Crippen MR) is 84.6 cm³/mol. The van der Waals surface area contributed by atoms with Crippen molar-refractivity contribution in [3.05, 3.63) is 0 Å². The minimum absolute atomic E-state index is 0.229. The molecule has 4 heteroatoms. The summed E-state index contributed by atoms with van der Waals surface area (Å²) in [6, 6.07) is 0. The number of likely N-dealkylation sites (tertiary alicyclic amines) is 1. The summed E-state index contributed by atoms with van der Waals surface area (Å²) in [6.45, 7) is 10.5. The zero-order valence-electron chi connectivity index (χ0n) is 13.6. The van der Waals surface area contributed by atoms with Gasteiger partial charge in [-0.1, -0.05) is 20.3 Å². The van der Waals surface area contributed by atoms with Gasteiger partial charge >= 0.3 is 0 Å². The van der Waals surface area contributed by atoms with E-state index in [0.717, 1.165) is 31.8 Å². The van der Waals surface area contributed by atoms with E-state index in [9.17, 15) is 4.79 Å². The summed E-state index contributed by atoms with van der Waals surface area (Å²) in [6.07, 6.45) is 7.06. The van der Waals surface area contributed by atoms with E-state index in [1.807, 2.05) is 6.92 Å². The van der Waals surface area contributed by atoms with Crippen molar-refractivity contribution >= 4 is 5.91 Å². The maximum atomic E-state index is 11.7. The van der Waals surface area contributed by atoms with Gasteiger partial charge in [-0.3, -0.25) is 4.79 Å². The Labute approximate surface area is 124 Å². The molecule has 0 aromatic rings. The number of hydrogen-bond donors (Lipinski definition) is 2. The normalized spacial score (nSPS) is 24.1. The Kier molecular flexibility index (Phi) is 7.52. The number of amides is 1. The molecule has 20 heavy (non-hydrogen) atoms. The summed E-state index contributed by atoms with van der Waals surface area (Å²) in [4.78, 5) is 14.2. The SMILES string of the molecule is CCCNC(C)(CCN1CCCC(CC)CC1)C(N)=O. The van der Waals surface area contributed by atoms with Crippen LogP contribution in [0.15, 0.2) is 0 Å². The highest BCUT2D eigenvalue weighted by Crippen LogP contribution is 2.21. The molecule has 4 nitrogen and oxygen atoms in total. The molecule has 1 aliphatic rings. The van der Waals surface area contributed by atoms with Gasteiger partial charge in [0, 0.05) is 6.54 Å². The van der Waals surface area contributed by atoms with Gasteiger partial charge in [-0.15, -0.1) is 0 Å². The van der Waals surface area contributed by atoms with Gasteiger partial charge in [0.15, 0.2) is 0 Å². The van der Waals surface area contributed by atoms with Gasteiger partial charge in [-0.25, -0.2) is 0 Å². The first kappa shape index (κ1) is 17.4. The van der Waals surface area contributed by atoms with Crippen LogP contribution in [-0.4, -0.2) is 42.5 Å². The Balaban J connectivity index is 2.44. The molecule has 0 bridgehead atoms. The molecule has 1 fully saturated rings. The molecule has 1 amide bonds. The number of rotatable bonds is 8. The molecule has 0 aliphatic carbocycles. The van der Waals surface area contributed by atoms with Crippen LogP contribution in [0.2, 0.25) is 0 Å². The summed E-state index contributed by atoms with van der Waals surface area (Å²) in [5.41, 5.74) is 5.02. The fourth-order valence-electron chi connectivity index (χ4n) is 2.94. The van der Waals surface area contributed by atoms with E-state index in [1.54, 1.807) is 0 Å². The summed E-state index contributed by atoms with van der Waals surface area (Å²) in [5.74, 6) is 0.660. The number of nitrogens with two attached hydrogens (primary N) is 1. The Morgan fingerprint density at radius 1 is 1.35 bits per heavy atom. The van der Waals surface area contributed by atoms with Crippen LogP contribution in [0.4, 0.5) is 0 Å². The van der Waals surface area contributed by atoms with Crippen LogP contribution in [0.1, 0.15) is 59.3 Å². The fourth-order valence-corrected chi connectivity index (χ4v) is 2.94. The molecule has 2 unspecified atom stereocenters. The quantitative estimate of drug-likeness (QED) is 0.717. The molecule has 0 spiro atoms. The molecule has 1 aliphatic heterocycles. The van der Waals surface area contributed by atoms with Crippen molar-refractivity contribution < 1.29 is 4.79 Å². The summed E-state index contributed by atoms with van der Waals surface area (Å²) in [7, 11) is 0. The first-order valence-electron chi connectivity index (χ1n) is 8.29. The number of hydrogen-bond acceptors (Lipinski definition) is 3. The lowest BCUT2D eigenvalue weighted by Crippen LogP contribution is -2.54. The number of primary amides is 1. The lowest BCUT2D eigenvalue weighted by Gasteiger charge is -2.30. The van der Waals surface area contributed by atoms with Crippen molar-refractivity contribution in [3.8, 4) is 0 Å². The zero-order valence-corrected chi connectivity index (χ0v) is 13.6. The van der Waals surface area contributed by atoms with Crippen LogP contribution >= 0.6 is 0 Å². The van der Waals surface area contributed by atoms with E-state index in [2.05, 4.69) is 24.1 Å². The molecule has 118 valence electrons. The summed E-state index contributed by atoms with van der Waals surface area (Å²) >= 11 is 0. The van der Waals surface area contributed by atoms with E-state index < -0.39 is 5.54 Å². The minimum atomic E-state index is -0.563. The van der Waals surface area contributed by atoms with Gasteiger partial charge in [0.1, 0.15) is 0 Å². The summed E-state index contributed by atoms with van der Waals surface area (Å²) < 4.78 is 0. The molecule has 1 saturated heterocycles. The molecule has 0 aromatic heterocycles. The second-order valence-electron chi connectivity index (χ2n) is 6.42. The predicted octanol–water partition coefficient (Wildman–Crippen LogP) is 2.13. The highest BCUT2D eigenvalue weighted by molar-refractivity contribution is 5.84. The average molecular weight is 283 g/mol. The maximum absolute atomic E-state index is 11.7. The topological polar surface area (TPSA) is 58.4 Å². The van der Waals surface area contributed by atoms with Gasteiger partial charge in [-0.2, -0.15) is 0 Å². The van der Waals surface area contributed by atoms with Crippen LogP contribution < -0.4 is 11.1 Å². The summed E-state index contributed by atoms with van der Waals surface area (Å²) in [5, 5.41) is 3.32. The van der Waals surface area contributed by atoms with Gasteiger partial charge < -0.3 is 16.0 Å². The van der Waals surface area contributed by atoms with Crippen molar-refractivity contribution in [1.29, 1.82) is 0 Å². The van der Waals surface area contributed by atoms with E-state index in [-0.39, 0.29) is 5.91 Å².